The van der Waals surface area contributed by atoms with Gasteiger partial charge < -0.3 is 5.11 Å². The van der Waals surface area contributed by atoms with E-state index in [1.165, 1.54) is 0 Å². The summed E-state index contributed by atoms with van der Waals surface area (Å²) >= 11 is 5.88. The maximum absolute atomic E-state index is 11.3. The van der Waals surface area contributed by atoms with E-state index in [-0.39, 0.29) is 5.41 Å². The average Bonchev–Trinajstić information content (AvgIpc) is 2.80. The summed E-state index contributed by atoms with van der Waals surface area (Å²) in [7, 11) is 0. The first-order valence-corrected chi connectivity index (χ1v) is 5.93. The lowest BCUT2D eigenvalue weighted by Gasteiger charge is -2.10. The summed E-state index contributed by atoms with van der Waals surface area (Å²) in [5.74, 6) is -0.749. The van der Waals surface area contributed by atoms with Crippen LogP contribution in [0.1, 0.15) is 25.8 Å². The Bertz CT molecular complexity index is 491. The van der Waals surface area contributed by atoms with E-state index in [1.54, 1.807) is 12.1 Å². The Balaban J connectivity index is 2.24. The Labute approximate surface area is 106 Å². The molecule has 17 heavy (non-hydrogen) atoms. The molecule has 1 fully saturated rings. The van der Waals surface area contributed by atoms with Gasteiger partial charge in [-0.3, -0.25) is 4.79 Å². The minimum atomic E-state index is -0.749. The van der Waals surface area contributed by atoms with Crippen LogP contribution in [0.25, 0.3) is 6.08 Å². The second-order valence-electron chi connectivity index (χ2n) is 5.23. The van der Waals surface area contributed by atoms with Crippen LogP contribution in [0.3, 0.4) is 0 Å². The zero-order valence-corrected chi connectivity index (χ0v) is 10.7. The van der Waals surface area contributed by atoms with Crippen LogP contribution >= 0.6 is 11.6 Å². The van der Waals surface area contributed by atoms with Gasteiger partial charge >= 0.3 is 5.97 Å². The highest BCUT2D eigenvalue weighted by Crippen LogP contribution is 2.64. The fourth-order valence-electron chi connectivity index (χ4n) is 2.22. The van der Waals surface area contributed by atoms with Gasteiger partial charge in [-0.2, -0.15) is 0 Å². The molecule has 0 aliphatic heterocycles. The molecule has 1 unspecified atom stereocenters. The van der Waals surface area contributed by atoms with E-state index in [4.69, 9.17) is 11.6 Å². The van der Waals surface area contributed by atoms with E-state index in [0.29, 0.717) is 11.4 Å². The predicted molar refractivity (Wildman–Crippen MR) is 69.0 cm³/mol. The molecule has 0 amide bonds. The number of hydrogen-bond acceptors (Lipinski definition) is 1. The molecule has 1 saturated carbocycles. The lowest BCUT2D eigenvalue weighted by Crippen LogP contribution is -2.17. The first kappa shape index (κ1) is 12.2. The van der Waals surface area contributed by atoms with Crippen LogP contribution in [0.2, 0.25) is 5.02 Å². The molecule has 2 nitrogen and oxygen atoms in total. The molecule has 0 aromatic heterocycles. The van der Waals surface area contributed by atoms with Crippen LogP contribution in [0.4, 0.5) is 0 Å². The van der Waals surface area contributed by atoms with E-state index in [2.05, 4.69) is 0 Å². The van der Waals surface area contributed by atoms with Gasteiger partial charge in [-0.1, -0.05) is 49.7 Å². The Morgan fingerprint density at radius 1 is 1.47 bits per heavy atom. The first-order valence-electron chi connectivity index (χ1n) is 5.56. The zero-order valence-electron chi connectivity index (χ0n) is 9.90. The third-order valence-electron chi connectivity index (χ3n) is 3.59. The van der Waals surface area contributed by atoms with Crippen molar-refractivity contribution in [3.63, 3.8) is 0 Å². The van der Waals surface area contributed by atoms with Gasteiger partial charge in [-0.05, 0) is 29.5 Å². The van der Waals surface area contributed by atoms with Gasteiger partial charge in [0.25, 0.3) is 0 Å². The van der Waals surface area contributed by atoms with E-state index in [9.17, 15) is 9.90 Å². The number of aliphatic carboxylic acids is 1. The quantitative estimate of drug-likeness (QED) is 0.885. The lowest BCUT2D eigenvalue weighted by atomic mass is 9.95. The summed E-state index contributed by atoms with van der Waals surface area (Å²) in [4.78, 5) is 11.3. The minimum Gasteiger partial charge on any atom is -0.481 e. The average molecular weight is 251 g/mol. The van der Waals surface area contributed by atoms with Gasteiger partial charge in [0.15, 0.2) is 0 Å². The highest BCUT2D eigenvalue weighted by atomic mass is 35.5. The van der Waals surface area contributed by atoms with Gasteiger partial charge in [0.05, 0.1) is 5.41 Å². The molecule has 2 rings (SSSR count). The molecule has 1 aliphatic carbocycles. The van der Waals surface area contributed by atoms with Crippen molar-refractivity contribution in [3.8, 4) is 0 Å². The van der Waals surface area contributed by atoms with Crippen LogP contribution < -0.4 is 0 Å². The molecule has 0 bridgehead atoms. The summed E-state index contributed by atoms with van der Waals surface area (Å²) < 4.78 is 0. The second kappa shape index (κ2) is 3.88. The molecule has 3 heteroatoms. The molecule has 1 atom stereocenters. The summed E-state index contributed by atoms with van der Waals surface area (Å²) in [6.07, 6.45) is 4.32. The monoisotopic (exact) mass is 250 g/mol. The fraction of sp³-hybridized carbons (Fsp3) is 0.357. The Hall–Kier alpha value is -1.28. The molecule has 90 valence electrons. The summed E-state index contributed by atoms with van der Waals surface area (Å²) in [6.45, 7) is 3.95. The van der Waals surface area contributed by atoms with E-state index in [0.717, 1.165) is 5.56 Å². The summed E-state index contributed by atoms with van der Waals surface area (Å²) in [5, 5.41) is 9.95. The number of halogens is 1. The maximum atomic E-state index is 11.3. The molecule has 1 aromatic rings. The van der Waals surface area contributed by atoms with Crippen molar-refractivity contribution in [3.05, 3.63) is 40.9 Å². The fourth-order valence-corrected chi connectivity index (χ4v) is 2.42. The van der Waals surface area contributed by atoms with Crippen LogP contribution in [-0.4, -0.2) is 11.1 Å². The Kier molecular flexibility index (Phi) is 2.78. The summed E-state index contributed by atoms with van der Waals surface area (Å²) in [6, 6.07) is 7.39. The third kappa shape index (κ3) is 2.09. The van der Waals surface area contributed by atoms with E-state index >= 15 is 0 Å². The van der Waals surface area contributed by atoms with Crippen molar-refractivity contribution in [1.82, 2.24) is 0 Å². The number of hydrogen-bond donors (Lipinski definition) is 1. The molecule has 0 heterocycles. The van der Waals surface area contributed by atoms with Crippen LogP contribution in [0.5, 0.6) is 0 Å². The van der Waals surface area contributed by atoms with Crippen molar-refractivity contribution in [2.45, 2.75) is 20.3 Å². The number of benzene rings is 1. The second-order valence-corrected chi connectivity index (χ2v) is 5.66. The number of rotatable bonds is 3. The SMILES string of the molecule is CC1(C)CC1(C=Cc1cccc(Cl)c1)C(=O)O. The first-order chi connectivity index (χ1) is 7.87. The van der Waals surface area contributed by atoms with Crippen molar-refractivity contribution >= 4 is 23.6 Å². The smallest absolute Gasteiger partial charge is 0.314 e. The lowest BCUT2D eigenvalue weighted by molar-refractivity contribution is -0.142. The van der Waals surface area contributed by atoms with Crippen molar-refractivity contribution in [2.24, 2.45) is 10.8 Å². The Morgan fingerprint density at radius 2 is 2.12 bits per heavy atom. The molecule has 0 saturated heterocycles. The van der Waals surface area contributed by atoms with Gasteiger partial charge in [0, 0.05) is 5.02 Å². The zero-order chi connectivity index (χ0) is 12.7. The van der Waals surface area contributed by atoms with Crippen LogP contribution in [0, 0.1) is 10.8 Å². The van der Waals surface area contributed by atoms with Crippen LogP contribution in [-0.2, 0) is 4.79 Å². The van der Waals surface area contributed by atoms with Crippen molar-refractivity contribution in [1.29, 1.82) is 0 Å². The molecule has 1 aromatic carbocycles. The normalized spacial score (nSPS) is 26.1. The van der Waals surface area contributed by atoms with Gasteiger partial charge in [0.1, 0.15) is 0 Å². The van der Waals surface area contributed by atoms with Gasteiger partial charge in [-0.25, -0.2) is 0 Å². The van der Waals surface area contributed by atoms with E-state index < -0.39 is 11.4 Å². The minimum absolute atomic E-state index is 0.159. The predicted octanol–water partition coefficient (Wildman–Crippen LogP) is 3.85. The van der Waals surface area contributed by atoms with Crippen molar-refractivity contribution < 1.29 is 9.90 Å². The highest BCUT2D eigenvalue weighted by molar-refractivity contribution is 6.30. The topological polar surface area (TPSA) is 37.3 Å². The van der Waals surface area contributed by atoms with Gasteiger partial charge in [0.2, 0.25) is 0 Å². The van der Waals surface area contributed by atoms with Crippen LogP contribution in [0.15, 0.2) is 30.3 Å². The standard InChI is InChI=1S/C14H15ClO2/c1-13(2)9-14(13,12(16)17)7-6-10-4-3-5-11(15)8-10/h3-8H,9H2,1-2H3,(H,16,17). The third-order valence-corrected chi connectivity index (χ3v) is 3.83. The molecule has 1 N–H and O–H groups in total. The van der Waals surface area contributed by atoms with Gasteiger partial charge in [-0.15, -0.1) is 0 Å². The van der Waals surface area contributed by atoms with E-state index in [1.807, 2.05) is 38.1 Å². The Morgan fingerprint density at radius 3 is 2.59 bits per heavy atom. The molecule has 0 radical (unpaired) electrons. The molecular formula is C14H15ClO2. The molecule has 0 spiro atoms. The number of carboxylic acid groups (broad SMARTS) is 1. The molecular weight excluding hydrogens is 236 g/mol. The maximum Gasteiger partial charge on any atom is 0.314 e. The number of carboxylic acids is 1. The molecule has 1 aliphatic rings. The highest BCUT2D eigenvalue weighted by Gasteiger charge is 2.65. The summed E-state index contributed by atoms with van der Waals surface area (Å²) in [5.41, 5.74) is 0.0595. The number of carbonyl (C=O) groups is 1. The van der Waals surface area contributed by atoms with Crippen molar-refractivity contribution in [2.75, 3.05) is 0 Å². The largest absolute Gasteiger partial charge is 0.481 e.